The third-order valence-electron chi connectivity index (χ3n) is 10.4. The lowest BCUT2D eigenvalue weighted by Crippen LogP contribution is -2.54. The Balaban J connectivity index is 1.03. The van der Waals surface area contributed by atoms with E-state index in [1.54, 1.807) is 43.0 Å². The molecule has 20 heteroatoms. The molecule has 0 bridgehead atoms. The molecule has 0 fully saturated rings. The second-order valence-electron chi connectivity index (χ2n) is 16.0. The SMILES string of the molecule is CC(C)[C@H](NC(=O)CCOCCOCCOCCOCCNC(=O)CCC(=O)N1Cc2ccccc2C#Cc2ccccc21)C(=O)N[C@@H](CCCNC(N)=O)C(=O)Nc1ccc(COC(N)=O)cc1. The number of ether oxygens (including phenoxy) is 5. The average molecular weight is 957 g/mol. The van der Waals surface area contributed by atoms with Crippen LogP contribution < -0.4 is 43.0 Å². The first-order chi connectivity index (χ1) is 33.3. The van der Waals surface area contributed by atoms with E-state index in [2.05, 4.69) is 38.4 Å². The summed E-state index contributed by atoms with van der Waals surface area (Å²) in [6.07, 6.45) is -0.384. The van der Waals surface area contributed by atoms with Gasteiger partial charge in [0.25, 0.3) is 0 Å². The monoisotopic (exact) mass is 956 g/mol. The van der Waals surface area contributed by atoms with Crippen molar-refractivity contribution in [3.63, 3.8) is 0 Å². The van der Waals surface area contributed by atoms with Gasteiger partial charge in [0.15, 0.2) is 0 Å². The fourth-order valence-electron chi connectivity index (χ4n) is 6.74. The number of urea groups is 1. The highest BCUT2D eigenvalue weighted by Crippen LogP contribution is 2.26. The Labute approximate surface area is 402 Å². The lowest BCUT2D eigenvalue weighted by molar-refractivity contribution is -0.132. The number of benzene rings is 3. The van der Waals surface area contributed by atoms with E-state index in [-0.39, 0.29) is 83.0 Å². The zero-order valence-electron chi connectivity index (χ0n) is 39.2. The number of nitrogens with two attached hydrogens (primary N) is 2. The Hall–Kier alpha value is -7.05. The van der Waals surface area contributed by atoms with E-state index in [0.717, 1.165) is 22.4 Å². The molecule has 2 atom stereocenters. The summed E-state index contributed by atoms with van der Waals surface area (Å²) in [5, 5.41) is 13.4. The number of carbonyl (C=O) groups excluding carboxylic acids is 7. The van der Waals surface area contributed by atoms with Crippen molar-refractivity contribution in [2.75, 3.05) is 76.2 Å². The number of para-hydroxylation sites is 1. The third kappa shape index (κ3) is 20.8. The van der Waals surface area contributed by atoms with Gasteiger partial charge < -0.3 is 66.6 Å². The van der Waals surface area contributed by atoms with Gasteiger partial charge in [-0.1, -0.05) is 68.2 Å². The molecule has 69 heavy (non-hydrogen) atoms. The number of anilines is 2. The average Bonchev–Trinajstić information content (AvgIpc) is 3.32. The highest BCUT2D eigenvalue weighted by atomic mass is 16.6. The second-order valence-corrected chi connectivity index (χ2v) is 16.0. The second kappa shape index (κ2) is 30.4. The van der Waals surface area contributed by atoms with Crippen molar-refractivity contribution in [2.24, 2.45) is 17.4 Å². The number of nitrogens with one attached hydrogen (secondary N) is 5. The number of hydrogen-bond donors (Lipinski definition) is 7. The van der Waals surface area contributed by atoms with E-state index in [1.165, 1.54) is 0 Å². The van der Waals surface area contributed by atoms with Crippen LogP contribution in [0.2, 0.25) is 0 Å². The predicted octanol–water partition coefficient (Wildman–Crippen LogP) is 2.59. The number of amides is 8. The first-order valence-electron chi connectivity index (χ1n) is 22.8. The smallest absolute Gasteiger partial charge is 0.404 e. The van der Waals surface area contributed by atoms with E-state index >= 15 is 0 Å². The van der Waals surface area contributed by atoms with E-state index in [4.69, 9.17) is 35.2 Å². The Morgan fingerprint density at radius 2 is 1.28 bits per heavy atom. The fourth-order valence-corrected chi connectivity index (χ4v) is 6.74. The van der Waals surface area contributed by atoms with Crippen LogP contribution in [0.4, 0.5) is 21.0 Å². The quantitative estimate of drug-likeness (QED) is 0.0375. The number of carbonyl (C=O) groups is 7. The molecule has 20 nitrogen and oxygen atoms in total. The minimum atomic E-state index is -1.02. The number of rotatable bonds is 30. The van der Waals surface area contributed by atoms with Crippen LogP contribution in [0.5, 0.6) is 0 Å². The molecule has 0 saturated carbocycles. The summed E-state index contributed by atoms with van der Waals surface area (Å²) in [6, 6.07) is 19.0. The van der Waals surface area contributed by atoms with Crippen LogP contribution >= 0.6 is 0 Å². The van der Waals surface area contributed by atoms with Crippen LogP contribution in [0.25, 0.3) is 0 Å². The van der Waals surface area contributed by atoms with E-state index in [0.29, 0.717) is 57.2 Å². The highest BCUT2D eigenvalue weighted by Gasteiger charge is 2.29. The maximum atomic E-state index is 13.4. The van der Waals surface area contributed by atoms with E-state index in [9.17, 15) is 33.6 Å². The van der Waals surface area contributed by atoms with Crippen molar-refractivity contribution in [1.82, 2.24) is 21.3 Å². The van der Waals surface area contributed by atoms with Crippen LogP contribution in [0.15, 0.2) is 72.8 Å². The lowest BCUT2D eigenvalue weighted by atomic mass is 10.0. The molecule has 0 spiro atoms. The van der Waals surface area contributed by atoms with Crippen molar-refractivity contribution in [3.05, 3.63) is 95.1 Å². The maximum Gasteiger partial charge on any atom is 0.404 e. The number of fused-ring (bicyclic) bond motifs is 2. The van der Waals surface area contributed by atoms with Crippen LogP contribution in [0.3, 0.4) is 0 Å². The molecule has 3 aromatic carbocycles. The number of primary amides is 2. The Kier molecular flexibility index (Phi) is 24.0. The van der Waals surface area contributed by atoms with Gasteiger partial charge >= 0.3 is 12.1 Å². The molecule has 1 heterocycles. The van der Waals surface area contributed by atoms with Crippen LogP contribution in [0.1, 0.15) is 68.2 Å². The van der Waals surface area contributed by atoms with Gasteiger partial charge in [0.05, 0.1) is 65.1 Å². The van der Waals surface area contributed by atoms with Crippen molar-refractivity contribution in [3.8, 4) is 11.8 Å². The Morgan fingerprint density at radius 1 is 0.652 bits per heavy atom. The van der Waals surface area contributed by atoms with Crippen molar-refractivity contribution in [1.29, 1.82) is 0 Å². The predicted molar refractivity (Wildman–Crippen MR) is 255 cm³/mol. The summed E-state index contributed by atoms with van der Waals surface area (Å²) in [5.41, 5.74) is 14.5. The Bertz CT molecular complexity index is 2230. The molecule has 0 aromatic heterocycles. The first-order valence-corrected chi connectivity index (χ1v) is 22.8. The summed E-state index contributed by atoms with van der Waals surface area (Å²) in [5.74, 6) is 4.13. The lowest BCUT2D eigenvalue weighted by Gasteiger charge is -2.26. The largest absolute Gasteiger partial charge is 0.445 e. The summed E-state index contributed by atoms with van der Waals surface area (Å²) in [7, 11) is 0. The summed E-state index contributed by atoms with van der Waals surface area (Å²) in [6.45, 7) is 6.45. The van der Waals surface area contributed by atoms with Gasteiger partial charge in [-0.05, 0) is 60.2 Å². The number of nitrogens with zero attached hydrogens (tertiary/aromatic N) is 1. The number of hydrogen-bond acceptors (Lipinski definition) is 12. The van der Waals surface area contributed by atoms with Crippen LogP contribution in [-0.2, 0) is 60.8 Å². The van der Waals surface area contributed by atoms with Crippen LogP contribution in [0, 0.1) is 17.8 Å². The van der Waals surface area contributed by atoms with Gasteiger partial charge in [0.1, 0.15) is 18.7 Å². The fraction of sp³-hybridized carbons (Fsp3) is 0.449. The van der Waals surface area contributed by atoms with Gasteiger partial charge in [-0.2, -0.15) is 0 Å². The van der Waals surface area contributed by atoms with Gasteiger partial charge in [-0.3, -0.25) is 24.0 Å². The molecule has 0 radical (unpaired) electrons. The van der Waals surface area contributed by atoms with Gasteiger partial charge in [-0.25, -0.2) is 9.59 Å². The molecule has 0 saturated heterocycles. The highest BCUT2D eigenvalue weighted by molar-refractivity contribution is 5.99. The van der Waals surface area contributed by atoms with Gasteiger partial charge in [-0.15, -0.1) is 0 Å². The zero-order valence-corrected chi connectivity index (χ0v) is 39.2. The summed E-state index contributed by atoms with van der Waals surface area (Å²) < 4.78 is 26.9. The van der Waals surface area contributed by atoms with E-state index < -0.39 is 41.9 Å². The molecule has 3 aromatic rings. The molecule has 0 unspecified atom stereocenters. The molecule has 0 aliphatic carbocycles. The first kappa shape index (κ1) is 54.6. The third-order valence-corrected chi connectivity index (χ3v) is 10.4. The normalized spacial score (nSPS) is 12.4. The summed E-state index contributed by atoms with van der Waals surface area (Å²) >= 11 is 0. The molecule has 9 N–H and O–H groups in total. The standard InChI is InChI=1S/C49H64N8O12/c1-34(2)45(47(62)55-40(11-7-22-53-48(50)63)46(61)54-39-17-13-35(14-18-39)33-69-49(51)64)56-43(59)21-24-65-26-28-67-30-31-68-29-27-66-25-23-52-42(58)19-20-44(60)57-32-38-10-4-3-8-36(38)15-16-37-9-5-6-12-41(37)57/h3-6,8-10,12-14,17-18,34,40,45H,7,11,19-33H2,1-2H3,(H2,51,64)(H,52,58)(H,54,61)(H,55,62)(H,56,59)(H3,50,53,63)/t40-,45-/m0/s1. The van der Waals surface area contributed by atoms with Crippen molar-refractivity contribution >= 4 is 53.0 Å². The topological polar surface area (TPSA) is 281 Å². The molecule has 1 aliphatic heterocycles. The van der Waals surface area contributed by atoms with Crippen LogP contribution in [-0.4, -0.2) is 120 Å². The summed E-state index contributed by atoms with van der Waals surface area (Å²) in [4.78, 5) is 89.1. The van der Waals surface area contributed by atoms with Crippen molar-refractivity contribution < 1.29 is 57.2 Å². The molecule has 372 valence electrons. The minimum Gasteiger partial charge on any atom is -0.445 e. The van der Waals surface area contributed by atoms with E-state index in [1.807, 2.05) is 48.5 Å². The van der Waals surface area contributed by atoms with Crippen molar-refractivity contribution in [2.45, 2.75) is 71.2 Å². The Morgan fingerprint density at radius 3 is 1.94 bits per heavy atom. The van der Waals surface area contributed by atoms with Gasteiger partial charge in [0, 0.05) is 49.2 Å². The molecule has 4 rings (SSSR count). The molecule has 1 aliphatic rings. The molecular weight excluding hydrogens is 893 g/mol. The minimum absolute atomic E-state index is 0.0213. The molecular formula is C49H64N8O12. The van der Waals surface area contributed by atoms with Gasteiger partial charge in [0.2, 0.25) is 29.5 Å². The molecule has 8 amide bonds. The zero-order chi connectivity index (χ0) is 49.8. The maximum absolute atomic E-state index is 13.4.